The van der Waals surface area contributed by atoms with Crippen LogP contribution in [0.5, 0.6) is 0 Å². The summed E-state index contributed by atoms with van der Waals surface area (Å²) < 4.78 is 1.67. The number of rotatable bonds is 3. The highest BCUT2D eigenvalue weighted by Gasteiger charge is 2.26. The molecule has 0 atom stereocenters. The van der Waals surface area contributed by atoms with E-state index in [1.54, 1.807) is 35.2 Å². The zero-order valence-corrected chi connectivity index (χ0v) is 7.81. The molecule has 0 fully saturated rings. The van der Waals surface area contributed by atoms with Crippen LogP contribution in [-0.2, 0) is 6.54 Å². The van der Waals surface area contributed by atoms with Gasteiger partial charge in [-0.05, 0) is 0 Å². The van der Waals surface area contributed by atoms with Crippen LogP contribution >= 0.6 is 0 Å². The van der Waals surface area contributed by atoms with Crippen molar-refractivity contribution in [1.82, 2.24) is 0 Å². The van der Waals surface area contributed by atoms with Gasteiger partial charge in [0.1, 0.15) is 9.83 Å². The summed E-state index contributed by atoms with van der Waals surface area (Å²) in [6, 6.07) is 5.33. The Morgan fingerprint density at radius 2 is 1.87 bits per heavy atom. The molecule has 1 heterocycles. The first-order valence-electron chi connectivity index (χ1n) is 4.21. The van der Waals surface area contributed by atoms with Crippen LogP contribution in [0.15, 0.2) is 30.6 Å². The summed E-state index contributed by atoms with van der Waals surface area (Å²) in [7, 11) is 0. The zero-order chi connectivity index (χ0) is 11.3. The minimum atomic E-state index is -0.892. The molecule has 0 aliphatic heterocycles. The van der Waals surface area contributed by atoms with E-state index >= 15 is 0 Å². The molecule has 0 aliphatic rings. The van der Waals surface area contributed by atoms with E-state index in [-0.39, 0.29) is 13.0 Å². The van der Waals surface area contributed by atoms with E-state index in [0.29, 0.717) is 0 Å². The van der Waals surface area contributed by atoms with Gasteiger partial charge < -0.3 is 5.21 Å². The first kappa shape index (κ1) is 10.9. The number of nitro groups is 1. The molecule has 80 valence electrons. The van der Waals surface area contributed by atoms with E-state index in [2.05, 4.69) is 0 Å². The fourth-order valence-corrected chi connectivity index (χ4v) is 1.07. The molecule has 1 N–H and O–H groups in total. The summed E-state index contributed by atoms with van der Waals surface area (Å²) in [4.78, 5) is 8.72. The molecule has 15 heavy (non-hydrogen) atoms. The van der Waals surface area contributed by atoms with Crippen LogP contribution in [0.25, 0.3) is 0 Å². The molecule has 1 aromatic heterocycles. The Hall–Kier alpha value is -2.18. The second kappa shape index (κ2) is 4.89. The SMILES string of the molecule is O=[N+]([O-])/C(CC[n+]1ccccc1)=[N+](/[O-])O. The molecule has 7 nitrogen and oxygen atoms in total. The lowest BCUT2D eigenvalue weighted by Crippen LogP contribution is -2.36. The summed E-state index contributed by atoms with van der Waals surface area (Å²) in [5.41, 5.74) is 0. The molecule has 0 aliphatic carbocycles. The van der Waals surface area contributed by atoms with E-state index in [9.17, 15) is 15.3 Å². The predicted molar refractivity (Wildman–Crippen MR) is 48.7 cm³/mol. The Morgan fingerprint density at radius 3 is 2.33 bits per heavy atom. The topological polar surface area (TPSA) is 93.3 Å². The van der Waals surface area contributed by atoms with Crippen molar-refractivity contribution in [3.05, 3.63) is 45.9 Å². The lowest BCUT2D eigenvalue weighted by atomic mass is 10.4. The van der Waals surface area contributed by atoms with Crippen molar-refractivity contribution < 1.29 is 19.6 Å². The minimum absolute atomic E-state index is 0.137. The standard InChI is InChI=1S/C8H10N3O4/c12-10(13)8(11(14)15)4-7-9-5-2-1-3-6-9/h1-3,5-6H,4,7H2,(H,12,13)/q+1. The van der Waals surface area contributed by atoms with Gasteiger partial charge in [0, 0.05) is 12.1 Å². The van der Waals surface area contributed by atoms with Gasteiger partial charge in [0.05, 0.1) is 0 Å². The predicted octanol–water partition coefficient (Wildman–Crippen LogP) is -0.0611. The molecule has 0 bridgehead atoms. The summed E-state index contributed by atoms with van der Waals surface area (Å²) in [6.07, 6.45) is 3.29. The number of hydrogen-bond acceptors (Lipinski definition) is 4. The van der Waals surface area contributed by atoms with E-state index in [1.807, 2.05) is 0 Å². The van der Waals surface area contributed by atoms with Crippen molar-refractivity contribution in [2.45, 2.75) is 13.0 Å². The number of nitrogens with zero attached hydrogens (tertiary/aromatic N) is 3. The van der Waals surface area contributed by atoms with Crippen LogP contribution in [0.1, 0.15) is 6.42 Å². The molecular weight excluding hydrogens is 202 g/mol. The highest BCUT2D eigenvalue weighted by atomic mass is 16.8. The van der Waals surface area contributed by atoms with Crippen molar-refractivity contribution in [1.29, 1.82) is 0 Å². The molecule has 0 unspecified atom stereocenters. The molecule has 0 saturated heterocycles. The van der Waals surface area contributed by atoms with Gasteiger partial charge in [-0.1, -0.05) is 6.07 Å². The van der Waals surface area contributed by atoms with Crippen molar-refractivity contribution in [2.24, 2.45) is 0 Å². The number of amidine groups is 1. The van der Waals surface area contributed by atoms with Crippen LogP contribution in [0.3, 0.4) is 0 Å². The Labute approximate surface area is 85.2 Å². The highest BCUT2D eigenvalue weighted by molar-refractivity contribution is 5.68. The highest BCUT2D eigenvalue weighted by Crippen LogP contribution is 1.88. The summed E-state index contributed by atoms with van der Waals surface area (Å²) in [5, 5.41) is 29.2. The Kier molecular flexibility index (Phi) is 3.55. The van der Waals surface area contributed by atoms with E-state index in [0.717, 1.165) is 0 Å². The molecule has 7 heteroatoms. The van der Waals surface area contributed by atoms with E-state index < -0.39 is 15.7 Å². The van der Waals surface area contributed by atoms with Gasteiger partial charge in [-0.15, -0.1) is 0 Å². The maximum absolute atomic E-state index is 10.4. The smallest absolute Gasteiger partial charge is 0.412 e. The lowest BCUT2D eigenvalue weighted by molar-refractivity contribution is -0.751. The van der Waals surface area contributed by atoms with Crippen molar-refractivity contribution in [3.63, 3.8) is 0 Å². The van der Waals surface area contributed by atoms with Crippen LogP contribution in [0, 0.1) is 15.3 Å². The van der Waals surface area contributed by atoms with Gasteiger partial charge >= 0.3 is 5.84 Å². The van der Waals surface area contributed by atoms with Crippen molar-refractivity contribution in [2.75, 3.05) is 0 Å². The second-order valence-electron chi connectivity index (χ2n) is 2.81. The third kappa shape index (κ3) is 3.22. The first-order valence-corrected chi connectivity index (χ1v) is 4.21. The monoisotopic (exact) mass is 212 g/mol. The molecule has 0 saturated carbocycles. The molecule has 0 radical (unpaired) electrons. The van der Waals surface area contributed by atoms with E-state index in [4.69, 9.17) is 5.21 Å². The largest absolute Gasteiger partial charge is 0.537 e. The van der Waals surface area contributed by atoms with Crippen LogP contribution in [0.4, 0.5) is 0 Å². The van der Waals surface area contributed by atoms with Gasteiger partial charge in [-0.3, -0.25) is 15.3 Å². The van der Waals surface area contributed by atoms with Gasteiger partial charge in [0.2, 0.25) is 0 Å². The zero-order valence-electron chi connectivity index (χ0n) is 7.81. The van der Waals surface area contributed by atoms with Crippen LogP contribution < -0.4 is 4.57 Å². The Bertz CT molecular complexity index is 373. The fourth-order valence-electron chi connectivity index (χ4n) is 1.07. The molecule has 0 amide bonds. The number of hydrogen-bond donors (Lipinski definition) is 1. The number of aryl methyl sites for hydroxylation is 1. The molecular formula is C8H10N3O4+. The average Bonchev–Trinajstić information content (AvgIpc) is 2.18. The normalized spacial score (nSPS) is 12.0. The van der Waals surface area contributed by atoms with Crippen LogP contribution in [0.2, 0.25) is 0 Å². The third-order valence-corrected chi connectivity index (χ3v) is 1.80. The Balaban J connectivity index is 2.64. The van der Waals surface area contributed by atoms with Gasteiger partial charge in [0.15, 0.2) is 25.4 Å². The van der Waals surface area contributed by atoms with Crippen molar-refractivity contribution in [3.8, 4) is 0 Å². The van der Waals surface area contributed by atoms with Gasteiger partial charge in [-0.2, -0.15) is 0 Å². The number of aromatic nitrogens is 1. The quantitative estimate of drug-likeness (QED) is 0.144. The van der Waals surface area contributed by atoms with Crippen LogP contribution in [-0.4, -0.2) is 20.9 Å². The molecule has 0 spiro atoms. The molecule has 1 aromatic rings. The van der Waals surface area contributed by atoms with Crippen molar-refractivity contribution >= 4 is 5.84 Å². The first-order chi connectivity index (χ1) is 7.11. The third-order valence-electron chi connectivity index (χ3n) is 1.80. The maximum Gasteiger partial charge on any atom is 0.537 e. The van der Waals surface area contributed by atoms with Gasteiger partial charge in [-0.25, -0.2) is 4.57 Å². The second-order valence-corrected chi connectivity index (χ2v) is 2.81. The lowest BCUT2D eigenvalue weighted by Gasteiger charge is -1.93. The minimum Gasteiger partial charge on any atom is -0.412 e. The van der Waals surface area contributed by atoms with Gasteiger partial charge in [0.25, 0.3) is 0 Å². The van der Waals surface area contributed by atoms with E-state index in [1.165, 1.54) is 0 Å². The summed E-state index contributed by atoms with van der Waals surface area (Å²) in [6.45, 7) is 0.260. The molecule has 0 aromatic carbocycles. The Morgan fingerprint density at radius 1 is 1.27 bits per heavy atom. The summed E-state index contributed by atoms with van der Waals surface area (Å²) >= 11 is 0. The number of pyridine rings is 1. The average molecular weight is 212 g/mol. The maximum atomic E-state index is 10.4. The fraction of sp³-hybridized carbons (Fsp3) is 0.250. The molecule has 1 rings (SSSR count). The summed E-state index contributed by atoms with van der Waals surface area (Å²) in [5.74, 6) is -0.772.